The number of fused-ring (bicyclic) bond motifs is 1. The van der Waals surface area contributed by atoms with E-state index < -0.39 is 0 Å². The van der Waals surface area contributed by atoms with Crippen LogP contribution in [0.25, 0.3) is 10.8 Å². The van der Waals surface area contributed by atoms with E-state index in [1.165, 1.54) is 24.9 Å². The van der Waals surface area contributed by atoms with Crippen molar-refractivity contribution in [2.75, 3.05) is 24.7 Å². The second kappa shape index (κ2) is 11.6. The smallest absolute Gasteiger partial charge is 0.257 e. The van der Waals surface area contributed by atoms with E-state index in [1.54, 1.807) is 25.1 Å². The Morgan fingerprint density at radius 1 is 1.28 bits per heavy atom. The highest BCUT2D eigenvalue weighted by Crippen LogP contribution is 2.28. The van der Waals surface area contributed by atoms with Gasteiger partial charge in [-0.1, -0.05) is 41.9 Å². The minimum Gasteiger partial charge on any atom is -0.483 e. The molecule has 154 valence electrons. The molecule has 2 aromatic rings. The van der Waals surface area contributed by atoms with Crippen LogP contribution in [0.4, 0.5) is 4.39 Å². The maximum atomic E-state index is 13.5. The van der Waals surface area contributed by atoms with Crippen molar-refractivity contribution >= 4 is 46.3 Å². The first-order chi connectivity index (χ1) is 14.0. The van der Waals surface area contributed by atoms with E-state index in [0.717, 1.165) is 16.3 Å². The fourth-order valence-electron chi connectivity index (χ4n) is 2.68. The molecule has 0 saturated heterocycles. The van der Waals surface area contributed by atoms with E-state index in [2.05, 4.69) is 5.32 Å². The van der Waals surface area contributed by atoms with Crippen molar-refractivity contribution < 1.29 is 13.9 Å². The maximum Gasteiger partial charge on any atom is 0.257 e. The number of carbonyl (C=O) groups excluding carboxylic acids is 1. The van der Waals surface area contributed by atoms with Gasteiger partial charge in [-0.25, -0.2) is 4.39 Å². The highest BCUT2D eigenvalue weighted by Gasteiger charge is 2.09. The Morgan fingerprint density at radius 3 is 2.66 bits per heavy atom. The number of rotatable bonds is 10. The second-order valence-corrected chi connectivity index (χ2v) is 7.70. The summed E-state index contributed by atoms with van der Waals surface area (Å²) in [5.41, 5.74) is 1.28. The lowest BCUT2D eigenvalue weighted by atomic mass is 10.0. The third-order valence-electron chi connectivity index (χ3n) is 4.20. The molecule has 2 N–H and O–H groups in total. The van der Waals surface area contributed by atoms with Gasteiger partial charge in [0.15, 0.2) is 6.61 Å². The molecule has 0 atom stereocenters. The maximum absolute atomic E-state index is 13.5. The molecule has 0 heterocycles. The molecule has 0 aromatic heterocycles. The van der Waals surface area contributed by atoms with Gasteiger partial charge in [-0.15, -0.1) is 0 Å². The first kappa shape index (κ1) is 23.0. The average molecular weight is 435 g/mol. The number of ether oxygens (including phenoxy) is 1. The van der Waals surface area contributed by atoms with Crippen LogP contribution >= 0.6 is 23.4 Å². The fraction of sp³-hybridized carbons (Fsp3) is 0.273. The van der Waals surface area contributed by atoms with Gasteiger partial charge in [0.05, 0.1) is 0 Å². The molecule has 0 bridgehead atoms. The molecule has 0 aliphatic carbocycles. The van der Waals surface area contributed by atoms with Crippen molar-refractivity contribution in [3.8, 4) is 5.75 Å². The summed E-state index contributed by atoms with van der Waals surface area (Å²) in [4.78, 5) is 12.1. The zero-order valence-corrected chi connectivity index (χ0v) is 18.0. The average Bonchev–Trinajstić information content (AvgIpc) is 2.73. The van der Waals surface area contributed by atoms with Gasteiger partial charge in [-0.2, -0.15) is 11.8 Å². The van der Waals surface area contributed by atoms with Crippen LogP contribution in [0.2, 0.25) is 0 Å². The van der Waals surface area contributed by atoms with Crippen molar-refractivity contribution in [3.05, 3.63) is 64.5 Å². The fourth-order valence-corrected chi connectivity index (χ4v) is 3.91. The van der Waals surface area contributed by atoms with Gasteiger partial charge >= 0.3 is 0 Å². The Bertz CT molecular complexity index is 940. The Labute approximate surface area is 179 Å². The highest BCUT2D eigenvalue weighted by molar-refractivity contribution is 7.99. The van der Waals surface area contributed by atoms with Crippen molar-refractivity contribution in [2.24, 2.45) is 0 Å². The summed E-state index contributed by atoms with van der Waals surface area (Å²) in [5.74, 6) is 1.16. The largest absolute Gasteiger partial charge is 0.483 e. The second-order valence-electron chi connectivity index (χ2n) is 6.18. The number of carbonyl (C=O) groups is 1. The molecule has 0 unspecified atom stereocenters. The van der Waals surface area contributed by atoms with E-state index in [9.17, 15) is 9.18 Å². The van der Waals surface area contributed by atoms with Crippen molar-refractivity contribution in [3.63, 3.8) is 0 Å². The molecule has 7 heteroatoms. The Kier molecular flexibility index (Phi) is 9.22. The molecular formula is C22H24ClFN2O2S. The van der Waals surface area contributed by atoms with E-state index in [4.69, 9.17) is 21.7 Å². The first-order valence-electron chi connectivity index (χ1n) is 9.14. The molecule has 0 aliphatic heterocycles. The Morgan fingerprint density at radius 2 is 2.00 bits per heavy atom. The van der Waals surface area contributed by atoms with Crippen molar-refractivity contribution in [1.29, 1.82) is 5.41 Å². The summed E-state index contributed by atoms with van der Waals surface area (Å²) < 4.78 is 19.2. The van der Waals surface area contributed by atoms with Gasteiger partial charge in [0.25, 0.3) is 5.91 Å². The quantitative estimate of drug-likeness (QED) is 0.297. The van der Waals surface area contributed by atoms with E-state index >= 15 is 0 Å². The van der Waals surface area contributed by atoms with Gasteiger partial charge in [-0.3, -0.25) is 4.79 Å². The predicted molar refractivity (Wildman–Crippen MR) is 121 cm³/mol. The van der Waals surface area contributed by atoms with Gasteiger partial charge in [0.2, 0.25) is 0 Å². The number of halogens is 2. The SMILES string of the molecule is C/C=C(Cl)\C(CSCCNC(=O)COc1ccc(C=N)c2ccccc12)=C(/C)F. The number of amides is 1. The molecule has 0 aliphatic rings. The van der Waals surface area contributed by atoms with Crippen molar-refractivity contribution in [1.82, 2.24) is 5.32 Å². The van der Waals surface area contributed by atoms with E-state index in [-0.39, 0.29) is 18.3 Å². The van der Waals surface area contributed by atoms with E-state index in [1.807, 2.05) is 24.3 Å². The number of allylic oxidation sites excluding steroid dienone is 3. The van der Waals surface area contributed by atoms with Crippen LogP contribution in [0.15, 0.2) is 58.9 Å². The Hall–Kier alpha value is -2.31. The van der Waals surface area contributed by atoms with Gasteiger partial charge in [0.1, 0.15) is 11.6 Å². The molecule has 0 saturated carbocycles. The number of thioether (sulfide) groups is 1. The summed E-state index contributed by atoms with van der Waals surface area (Å²) >= 11 is 7.50. The van der Waals surface area contributed by atoms with Gasteiger partial charge < -0.3 is 15.5 Å². The van der Waals surface area contributed by atoms with Gasteiger partial charge in [0, 0.05) is 45.8 Å². The van der Waals surface area contributed by atoms with Crippen LogP contribution in [-0.4, -0.2) is 36.8 Å². The minimum atomic E-state index is -0.292. The lowest BCUT2D eigenvalue weighted by Gasteiger charge is -2.11. The Balaban J connectivity index is 1.81. The lowest BCUT2D eigenvalue weighted by Crippen LogP contribution is -2.30. The van der Waals surface area contributed by atoms with E-state index in [0.29, 0.717) is 34.4 Å². The van der Waals surface area contributed by atoms with Crippen LogP contribution in [0.5, 0.6) is 5.75 Å². The summed E-state index contributed by atoms with van der Waals surface area (Å²) in [6, 6.07) is 11.2. The zero-order valence-electron chi connectivity index (χ0n) is 16.4. The third-order valence-corrected chi connectivity index (χ3v) is 5.64. The summed E-state index contributed by atoms with van der Waals surface area (Å²) in [7, 11) is 0. The molecule has 1 amide bonds. The summed E-state index contributed by atoms with van der Waals surface area (Å²) in [6.45, 7) is 3.50. The molecule has 0 radical (unpaired) electrons. The molecule has 0 fully saturated rings. The third kappa shape index (κ3) is 6.61. The number of nitrogens with one attached hydrogen (secondary N) is 2. The van der Waals surface area contributed by atoms with Crippen LogP contribution in [-0.2, 0) is 4.79 Å². The topological polar surface area (TPSA) is 62.2 Å². The van der Waals surface area contributed by atoms with Crippen LogP contribution in [0.3, 0.4) is 0 Å². The van der Waals surface area contributed by atoms with Crippen LogP contribution in [0, 0.1) is 5.41 Å². The molecule has 0 spiro atoms. The number of hydrogen-bond acceptors (Lipinski definition) is 4. The summed E-state index contributed by atoms with van der Waals surface area (Å²) in [6.07, 6.45) is 2.96. The summed E-state index contributed by atoms with van der Waals surface area (Å²) in [5, 5.41) is 12.5. The minimum absolute atomic E-state index is 0.0995. The van der Waals surface area contributed by atoms with Gasteiger partial charge in [-0.05, 0) is 31.4 Å². The predicted octanol–water partition coefficient (Wildman–Crippen LogP) is 5.45. The number of hydrogen-bond donors (Lipinski definition) is 2. The normalized spacial score (nSPS) is 12.5. The molecule has 29 heavy (non-hydrogen) atoms. The first-order valence-corrected chi connectivity index (χ1v) is 10.7. The molecular weight excluding hydrogens is 411 g/mol. The zero-order chi connectivity index (χ0) is 21.2. The monoisotopic (exact) mass is 434 g/mol. The standard InChI is InChI=1S/C22H24ClFN2O2S/c1-3-20(23)19(15(2)24)14-29-11-10-26-22(27)13-28-21-9-8-16(12-25)17-6-4-5-7-18(17)21/h3-9,12,25H,10-11,13-14H2,1-2H3,(H,26,27)/b19-15+,20-3+,25-12?. The number of benzene rings is 2. The van der Waals surface area contributed by atoms with Crippen molar-refractivity contribution in [2.45, 2.75) is 13.8 Å². The van der Waals surface area contributed by atoms with Crippen LogP contribution < -0.4 is 10.1 Å². The van der Waals surface area contributed by atoms with Crippen LogP contribution in [0.1, 0.15) is 19.4 Å². The molecule has 2 rings (SSSR count). The molecule has 4 nitrogen and oxygen atoms in total. The lowest BCUT2D eigenvalue weighted by molar-refractivity contribution is -0.122. The molecule has 2 aromatic carbocycles. The highest BCUT2D eigenvalue weighted by atomic mass is 35.5.